The number of carboxylic acids is 1. The zero-order valence-electron chi connectivity index (χ0n) is 24.1. The molecular weight excluding hydrogens is 578 g/mol. The molecule has 0 saturated heterocycles. The number of amidine groups is 2. The number of nitrogens with two attached hydrogens (primary N) is 2. The van der Waals surface area contributed by atoms with E-state index in [0.29, 0.717) is 52.3 Å². The van der Waals surface area contributed by atoms with Crippen LogP contribution in [-0.2, 0) is 0 Å². The van der Waals surface area contributed by atoms with Gasteiger partial charge < -0.3 is 36.2 Å². The van der Waals surface area contributed by atoms with Gasteiger partial charge in [-0.1, -0.05) is 6.07 Å². The van der Waals surface area contributed by atoms with Crippen LogP contribution in [0.3, 0.4) is 0 Å². The fourth-order valence-corrected chi connectivity index (χ4v) is 4.71. The molecule has 0 saturated carbocycles. The Morgan fingerprint density at radius 2 is 1.64 bits per heavy atom. The minimum absolute atomic E-state index is 0.0523. The number of ether oxygens (including phenoxy) is 1. The number of hydrogen-bond acceptors (Lipinski definition) is 8. The van der Waals surface area contributed by atoms with Crippen molar-refractivity contribution in [3.05, 3.63) is 106 Å². The van der Waals surface area contributed by atoms with E-state index in [9.17, 15) is 24.6 Å². The van der Waals surface area contributed by atoms with Crippen molar-refractivity contribution < 1.29 is 29.0 Å². The van der Waals surface area contributed by atoms with Crippen molar-refractivity contribution in [3.8, 4) is 33.9 Å². The molecule has 45 heavy (non-hydrogen) atoms. The number of rotatable bonds is 10. The molecule has 2 aliphatic rings. The molecule has 0 atom stereocenters. The predicted molar refractivity (Wildman–Crippen MR) is 170 cm³/mol. The first-order chi connectivity index (χ1) is 21.6. The van der Waals surface area contributed by atoms with Crippen molar-refractivity contribution >= 4 is 34.5 Å². The third kappa shape index (κ3) is 6.91. The maximum absolute atomic E-state index is 12.9. The SMILES string of the molecule is C/C(N)=N/N=C(\N)c1ccc(OCCCNC(=O)c2ccc(-c3c4ccc(=O)cc-4oc4cc(O)ccc34)c(C(=O)O)c2)cc1. The van der Waals surface area contributed by atoms with Gasteiger partial charge in [-0.25, -0.2) is 4.79 Å². The van der Waals surface area contributed by atoms with E-state index in [2.05, 4.69) is 15.5 Å². The van der Waals surface area contributed by atoms with Crippen molar-refractivity contribution in [2.24, 2.45) is 21.7 Å². The summed E-state index contributed by atoms with van der Waals surface area (Å²) < 4.78 is 11.6. The minimum atomic E-state index is -1.24. The van der Waals surface area contributed by atoms with Gasteiger partial charge in [-0.15, -0.1) is 10.2 Å². The number of fused-ring (bicyclic) bond motifs is 2. The zero-order chi connectivity index (χ0) is 32.1. The van der Waals surface area contributed by atoms with Gasteiger partial charge in [0.1, 0.15) is 28.7 Å². The number of carboxylic acid groups (broad SMARTS) is 1. The molecule has 5 rings (SSSR count). The summed E-state index contributed by atoms with van der Waals surface area (Å²) in [5, 5.41) is 31.0. The lowest BCUT2D eigenvalue weighted by molar-refractivity contribution is 0.0697. The minimum Gasteiger partial charge on any atom is -0.508 e. The van der Waals surface area contributed by atoms with E-state index in [1.807, 2.05) is 0 Å². The Bertz CT molecular complexity index is 1990. The summed E-state index contributed by atoms with van der Waals surface area (Å²) >= 11 is 0. The molecule has 0 aromatic heterocycles. The van der Waals surface area contributed by atoms with Gasteiger partial charge in [0.25, 0.3) is 5.91 Å². The van der Waals surface area contributed by atoms with E-state index in [4.69, 9.17) is 20.6 Å². The maximum atomic E-state index is 12.9. The first kappa shape index (κ1) is 30.3. The normalized spacial score (nSPS) is 11.9. The molecule has 1 heterocycles. The quantitative estimate of drug-likeness (QED) is 0.0508. The van der Waals surface area contributed by atoms with Crippen LogP contribution < -0.4 is 26.9 Å². The maximum Gasteiger partial charge on any atom is 0.336 e. The Kier molecular flexibility index (Phi) is 8.75. The first-order valence-electron chi connectivity index (χ1n) is 13.8. The molecule has 3 aromatic rings. The molecule has 12 nitrogen and oxygen atoms in total. The summed E-state index contributed by atoms with van der Waals surface area (Å²) in [5.74, 6) is -0.395. The van der Waals surface area contributed by atoms with Gasteiger partial charge in [0.05, 0.1) is 12.2 Å². The monoisotopic (exact) mass is 607 g/mol. The first-order valence-corrected chi connectivity index (χ1v) is 13.8. The van der Waals surface area contributed by atoms with E-state index in [1.165, 1.54) is 36.4 Å². The third-order valence-electron chi connectivity index (χ3n) is 6.80. The Morgan fingerprint density at radius 3 is 2.38 bits per heavy atom. The summed E-state index contributed by atoms with van der Waals surface area (Å²) in [5.41, 5.74) is 13.4. The predicted octanol–water partition coefficient (Wildman–Crippen LogP) is 4.16. The molecule has 1 aliphatic heterocycles. The van der Waals surface area contributed by atoms with Crippen LogP contribution in [0.2, 0.25) is 0 Å². The second-order valence-electron chi connectivity index (χ2n) is 10.1. The highest BCUT2D eigenvalue weighted by Gasteiger charge is 2.23. The van der Waals surface area contributed by atoms with Gasteiger partial charge in [0, 0.05) is 46.3 Å². The van der Waals surface area contributed by atoms with Crippen molar-refractivity contribution in [3.63, 3.8) is 0 Å². The average Bonchev–Trinajstić information content (AvgIpc) is 3.02. The molecule has 1 amide bonds. The van der Waals surface area contributed by atoms with Crippen molar-refractivity contribution in [1.29, 1.82) is 0 Å². The second-order valence-corrected chi connectivity index (χ2v) is 10.1. The standard InChI is InChI=1S/C33H29N5O7/c1-18(34)37-38-31(35)19-3-8-23(9-4-19)44-14-2-13-36-32(41)20-5-10-24(27(15-20)33(42)43)30-25-11-6-21(39)16-28(25)45-29-17-22(40)7-12-26(29)30/h3-12,15-17,39H,2,13-14H2,1H3,(H2,34,37)(H2,35,38)(H,36,41)(H,42,43). The van der Waals surface area contributed by atoms with E-state index >= 15 is 0 Å². The highest BCUT2D eigenvalue weighted by atomic mass is 16.5. The fourth-order valence-electron chi connectivity index (χ4n) is 4.71. The summed E-state index contributed by atoms with van der Waals surface area (Å²) in [6.45, 7) is 2.21. The van der Waals surface area contributed by atoms with Crippen LogP contribution in [-0.4, -0.2) is 46.9 Å². The number of phenolic OH excluding ortho intramolecular Hbond substituents is 1. The number of carbonyl (C=O) groups is 2. The van der Waals surface area contributed by atoms with Gasteiger partial charge in [0.2, 0.25) is 0 Å². The molecule has 7 N–H and O–H groups in total. The largest absolute Gasteiger partial charge is 0.508 e. The van der Waals surface area contributed by atoms with Crippen LogP contribution in [0.25, 0.3) is 33.4 Å². The topological polar surface area (TPSA) is 203 Å². The van der Waals surface area contributed by atoms with Crippen molar-refractivity contribution in [1.82, 2.24) is 5.32 Å². The van der Waals surface area contributed by atoms with Crippen LogP contribution in [0.5, 0.6) is 11.5 Å². The van der Waals surface area contributed by atoms with Crippen LogP contribution in [0, 0.1) is 0 Å². The van der Waals surface area contributed by atoms with Gasteiger partial charge in [-0.3, -0.25) is 9.59 Å². The number of benzene rings is 4. The summed E-state index contributed by atoms with van der Waals surface area (Å²) in [6, 6.07) is 20.0. The molecule has 0 unspecified atom stereocenters. The number of carbonyl (C=O) groups excluding carboxylic acids is 1. The van der Waals surface area contributed by atoms with Gasteiger partial charge in [0.15, 0.2) is 11.3 Å². The number of nitrogens with one attached hydrogen (secondary N) is 1. The van der Waals surface area contributed by atoms with Gasteiger partial charge in [-0.05, 0) is 79.6 Å². The number of hydrogen-bond donors (Lipinski definition) is 5. The fraction of sp³-hybridized carbons (Fsp3) is 0.121. The number of nitrogens with zero attached hydrogens (tertiary/aromatic N) is 2. The molecule has 0 bridgehead atoms. The van der Waals surface area contributed by atoms with Crippen molar-refractivity contribution in [2.45, 2.75) is 13.3 Å². The van der Waals surface area contributed by atoms with E-state index < -0.39 is 11.9 Å². The summed E-state index contributed by atoms with van der Waals surface area (Å²) in [4.78, 5) is 37.4. The van der Waals surface area contributed by atoms with E-state index in [1.54, 1.807) is 49.4 Å². The summed E-state index contributed by atoms with van der Waals surface area (Å²) in [6.07, 6.45) is 0.492. The van der Waals surface area contributed by atoms with Gasteiger partial charge in [-0.2, -0.15) is 0 Å². The molecule has 1 aliphatic carbocycles. The van der Waals surface area contributed by atoms with Crippen LogP contribution >= 0.6 is 0 Å². The third-order valence-corrected chi connectivity index (χ3v) is 6.80. The molecule has 12 heteroatoms. The molecule has 0 radical (unpaired) electrons. The lowest BCUT2D eigenvalue weighted by Gasteiger charge is -2.17. The Hall–Kier alpha value is -6.17. The second kappa shape index (κ2) is 13.0. The van der Waals surface area contributed by atoms with Crippen LogP contribution in [0.1, 0.15) is 39.6 Å². The Labute approximate surface area is 256 Å². The molecular formula is C33H29N5O7. The smallest absolute Gasteiger partial charge is 0.336 e. The van der Waals surface area contributed by atoms with E-state index in [0.717, 1.165) is 0 Å². The highest BCUT2D eigenvalue weighted by molar-refractivity contribution is 6.09. The van der Waals surface area contributed by atoms with Crippen LogP contribution in [0.15, 0.2) is 98.3 Å². The number of aromatic carboxylic acids is 1. The van der Waals surface area contributed by atoms with Gasteiger partial charge >= 0.3 is 5.97 Å². The van der Waals surface area contributed by atoms with E-state index in [-0.39, 0.29) is 46.0 Å². The van der Waals surface area contributed by atoms with Crippen molar-refractivity contribution in [2.75, 3.05) is 13.2 Å². The Morgan fingerprint density at radius 1 is 0.911 bits per heavy atom. The number of phenols is 1. The zero-order valence-corrected chi connectivity index (χ0v) is 24.1. The lowest BCUT2D eigenvalue weighted by atomic mass is 9.90. The highest BCUT2D eigenvalue weighted by Crippen LogP contribution is 2.42. The number of amides is 1. The molecule has 0 fully saturated rings. The lowest BCUT2D eigenvalue weighted by Crippen LogP contribution is -2.26. The number of aromatic hydroxyl groups is 1. The molecule has 228 valence electrons. The molecule has 3 aromatic carbocycles. The molecule has 0 spiro atoms. The van der Waals surface area contributed by atoms with Crippen LogP contribution in [0.4, 0.5) is 0 Å². The summed E-state index contributed by atoms with van der Waals surface area (Å²) in [7, 11) is 0. The Balaban J connectivity index is 1.29. The average molecular weight is 608 g/mol.